The first-order valence-corrected chi connectivity index (χ1v) is 6.95. The molecule has 0 spiro atoms. The summed E-state index contributed by atoms with van der Waals surface area (Å²) in [6, 6.07) is 10.8. The van der Waals surface area contributed by atoms with E-state index >= 15 is 0 Å². The maximum atomic E-state index is 9.48. The minimum Gasteiger partial charge on any atom is -0.392 e. The van der Waals surface area contributed by atoms with Gasteiger partial charge in [0.2, 0.25) is 0 Å². The summed E-state index contributed by atoms with van der Waals surface area (Å²) >= 11 is 0. The molecule has 2 atom stereocenters. The normalized spacial score (nSPS) is 15.5. The van der Waals surface area contributed by atoms with Gasteiger partial charge in [-0.05, 0) is 32.0 Å². The van der Waals surface area contributed by atoms with Gasteiger partial charge in [0.05, 0.1) is 6.10 Å². The van der Waals surface area contributed by atoms with E-state index in [-0.39, 0.29) is 11.5 Å². The Hall–Kier alpha value is -0.900. The van der Waals surface area contributed by atoms with E-state index in [0.29, 0.717) is 12.6 Å². The van der Waals surface area contributed by atoms with Crippen LogP contribution in [0.5, 0.6) is 0 Å². The minimum absolute atomic E-state index is 0.0831. The quantitative estimate of drug-likeness (QED) is 0.793. The molecule has 0 heterocycles. The Balaban J connectivity index is 2.78. The molecule has 0 saturated carbocycles. The van der Waals surface area contributed by atoms with Gasteiger partial charge in [-0.2, -0.15) is 0 Å². The lowest BCUT2D eigenvalue weighted by Crippen LogP contribution is -2.42. The Morgan fingerprint density at radius 3 is 2.32 bits per heavy atom. The van der Waals surface area contributed by atoms with Crippen molar-refractivity contribution < 1.29 is 5.11 Å². The molecule has 1 aromatic carbocycles. The third-order valence-corrected chi connectivity index (χ3v) is 3.46. The van der Waals surface area contributed by atoms with Gasteiger partial charge in [0.15, 0.2) is 0 Å². The van der Waals surface area contributed by atoms with Crippen LogP contribution in [0.25, 0.3) is 0 Å². The number of nitrogens with zero attached hydrogens (tertiary/aromatic N) is 1. The molecule has 0 aromatic heterocycles. The second kappa shape index (κ2) is 7.04. The molecule has 0 aliphatic rings. The number of nitrogens with one attached hydrogen (secondary N) is 1. The topological polar surface area (TPSA) is 35.5 Å². The number of hydrogen-bond donors (Lipinski definition) is 2. The number of aliphatic hydroxyl groups is 1. The first-order chi connectivity index (χ1) is 8.86. The Labute approximate surface area is 117 Å². The van der Waals surface area contributed by atoms with Crippen LogP contribution < -0.4 is 5.32 Å². The van der Waals surface area contributed by atoms with Gasteiger partial charge in [-0.15, -0.1) is 0 Å². The summed E-state index contributed by atoms with van der Waals surface area (Å²) in [4.78, 5) is 2.19. The fourth-order valence-corrected chi connectivity index (χ4v) is 2.96. The summed E-state index contributed by atoms with van der Waals surface area (Å²) in [7, 11) is 4.07. The van der Waals surface area contributed by atoms with Crippen molar-refractivity contribution in [3.05, 3.63) is 35.9 Å². The lowest BCUT2D eigenvalue weighted by atomic mass is 9.80. The fraction of sp³-hybridized carbons (Fsp3) is 0.625. The molecule has 1 rings (SSSR count). The standard InChI is InChI=1S/C16H28N2O/c1-13(19)11-18(5)12-16(2,3)15(17-4)14-9-7-6-8-10-14/h6-10,13,15,17,19H,11-12H2,1-5H3. The Morgan fingerprint density at radius 2 is 1.84 bits per heavy atom. The van der Waals surface area contributed by atoms with Gasteiger partial charge in [0.25, 0.3) is 0 Å². The molecule has 19 heavy (non-hydrogen) atoms. The highest BCUT2D eigenvalue weighted by Crippen LogP contribution is 2.33. The molecule has 2 N–H and O–H groups in total. The smallest absolute Gasteiger partial charge is 0.0638 e. The van der Waals surface area contributed by atoms with Crippen LogP contribution in [-0.2, 0) is 0 Å². The predicted octanol–water partition coefficient (Wildman–Crippen LogP) is 2.29. The van der Waals surface area contributed by atoms with Crippen molar-refractivity contribution in [3.8, 4) is 0 Å². The molecule has 0 radical (unpaired) electrons. The summed E-state index contributed by atoms with van der Waals surface area (Å²) in [6.07, 6.45) is -0.287. The van der Waals surface area contributed by atoms with Gasteiger partial charge < -0.3 is 15.3 Å². The highest BCUT2D eigenvalue weighted by atomic mass is 16.3. The van der Waals surface area contributed by atoms with E-state index in [1.54, 1.807) is 0 Å². The monoisotopic (exact) mass is 264 g/mol. The van der Waals surface area contributed by atoms with E-state index in [2.05, 4.69) is 55.4 Å². The van der Waals surface area contributed by atoms with Crippen molar-refractivity contribution in [1.82, 2.24) is 10.2 Å². The summed E-state index contributed by atoms with van der Waals surface area (Å²) in [6.45, 7) is 7.99. The molecule has 0 amide bonds. The van der Waals surface area contributed by atoms with Crippen LogP contribution in [0.15, 0.2) is 30.3 Å². The summed E-state index contributed by atoms with van der Waals surface area (Å²) < 4.78 is 0. The Bertz CT molecular complexity index is 362. The van der Waals surface area contributed by atoms with E-state index in [1.807, 2.05) is 20.0 Å². The van der Waals surface area contributed by atoms with Crippen molar-refractivity contribution in [1.29, 1.82) is 0 Å². The van der Waals surface area contributed by atoms with Crippen LogP contribution in [0.2, 0.25) is 0 Å². The highest BCUT2D eigenvalue weighted by Gasteiger charge is 2.30. The summed E-state index contributed by atoms with van der Waals surface area (Å²) in [5.74, 6) is 0. The van der Waals surface area contributed by atoms with Crippen LogP contribution in [0.4, 0.5) is 0 Å². The third kappa shape index (κ3) is 4.94. The number of benzene rings is 1. The maximum Gasteiger partial charge on any atom is 0.0638 e. The molecule has 2 unspecified atom stereocenters. The van der Waals surface area contributed by atoms with Crippen molar-refractivity contribution in [2.75, 3.05) is 27.2 Å². The molecule has 0 fully saturated rings. The molecule has 0 saturated heterocycles. The molecule has 108 valence electrons. The first-order valence-electron chi connectivity index (χ1n) is 6.95. The van der Waals surface area contributed by atoms with Gasteiger partial charge in [-0.1, -0.05) is 44.2 Å². The van der Waals surface area contributed by atoms with Crippen molar-refractivity contribution >= 4 is 0 Å². The van der Waals surface area contributed by atoms with Crippen LogP contribution in [0.1, 0.15) is 32.4 Å². The lowest BCUT2D eigenvalue weighted by molar-refractivity contribution is 0.102. The molecule has 1 aromatic rings. The first kappa shape index (κ1) is 16.2. The highest BCUT2D eigenvalue weighted by molar-refractivity contribution is 5.21. The summed E-state index contributed by atoms with van der Waals surface area (Å²) in [5, 5.41) is 12.9. The zero-order valence-corrected chi connectivity index (χ0v) is 12.9. The number of likely N-dealkylation sites (N-methyl/N-ethyl adjacent to an activating group) is 1. The molecule has 3 heteroatoms. The second-order valence-electron chi connectivity index (χ2n) is 6.17. The molecule has 3 nitrogen and oxygen atoms in total. The fourth-order valence-electron chi connectivity index (χ4n) is 2.96. The van der Waals surface area contributed by atoms with Crippen LogP contribution >= 0.6 is 0 Å². The van der Waals surface area contributed by atoms with Crippen molar-refractivity contribution in [2.24, 2.45) is 5.41 Å². The zero-order valence-electron chi connectivity index (χ0n) is 12.9. The van der Waals surface area contributed by atoms with Gasteiger partial charge in [0, 0.05) is 19.1 Å². The molecule has 0 aliphatic heterocycles. The van der Waals surface area contributed by atoms with Gasteiger partial charge in [-0.3, -0.25) is 0 Å². The zero-order chi connectivity index (χ0) is 14.5. The van der Waals surface area contributed by atoms with E-state index in [9.17, 15) is 5.11 Å². The Morgan fingerprint density at radius 1 is 1.26 bits per heavy atom. The van der Waals surface area contributed by atoms with Crippen LogP contribution in [0, 0.1) is 5.41 Å². The average Bonchev–Trinajstić information content (AvgIpc) is 2.28. The van der Waals surface area contributed by atoms with Crippen LogP contribution in [-0.4, -0.2) is 43.3 Å². The van der Waals surface area contributed by atoms with E-state index < -0.39 is 0 Å². The number of hydrogen-bond acceptors (Lipinski definition) is 3. The summed E-state index contributed by atoms with van der Waals surface area (Å²) in [5.41, 5.74) is 1.39. The third-order valence-electron chi connectivity index (χ3n) is 3.46. The van der Waals surface area contributed by atoms with Crippen molar-refractivity contribution in [2.45, 2.75) is 32.9 Å². The van der Waals surface area contributed by atoms with E-state index in [1.165, 1.54) is 5.56 Å². The Kier molecular flexibility index (Phi) is 5.98. The van der Waals surface area contributed by atoms with Gasteiger partial charge in [-0.25, -0.2) is 0 Å². The van der Waals surface area contributed by atoms with E-state index in [4.69, 9.17) is 0 Å². The number of rotatable bonds is 7. The molecular formula is C16H28N2O. The molecule has 0 bridgehead atoms. The lowest BCUT2D eigenvalue weighted by Gasteiger charge is -2.38. The van der Waals surface area contributed by atoms with Crippen molar-refractivity contribution in [3.63, 3.8) is 0 Å². The predicted molar refractivity (Wildman–Crippen MR) is 81.2 cm³/mol. The minimum atomic E-state index is -0.287. The molecule has 0 aliphatic carbocycles. The van der Waals surface area contributed by atoms with Gasteiger partial charge in [0.1, 0.15) is 0 Å². The average molecular weight is 264 g/mol. The van der Waals surface area contributed by atoms with Crippen LogP contribution in [0.3, 0.4) is 0 Å². The largest absolute Gasteiger partial charge is 0.392 e. The van der Waals surface area contributed by atoms with E-state index in [0.717, 1.165) is 6.54 Å². The number of aliphatic hydroxyl groups excluding tert-OH is 1. The SMILES string of the molecule is CNC(c1ccccc1)C(C)(C)CN(C)CC(C)O. The second-order valence-corrected chi connectivity index (χ2v) is 6.17. The maximum absolute atomic E-state index is 9.48. The van der Waals surface area contributed by atoms with Gasteiger partial charge >= 0.3 is 0 Å². The molecular weight excluding hydrogens is 236 g/mol.